The van der Waals surface area contributed by atoms with Crippen LogP contribution in [0.25, 0.3) is 0 Å². The van der Waals surface area contributed by atoms with Crippen molar-refractivity contribution in [3.05, 3.63) is 66.3 Å². The lowest BCUT2D eigenvalue weighted by Crippen LogP contribution is -2.03. The predicted molar refractivity (Wildman–Crippen MR) is 105 cm³/mol. The van der Waals surface area contributed by atoms with Crippen LogP contribution in [0.4, 0.5) is 0 Å². The van der Waals surface area contributed by atoms with Crippen LogP contribution in [0.3, 0.4) is 0 Å². The van der Waals surface area contributed by atoms with Gasteiger partial charge in [0.2, 0.25) is 0 Å². The Hall–Kier alpha value is -0.1000. The second-order valence-electron chi connectivity index (χ2n) is 5.64. The van der Waals surface area contributed by atoms with E-state index in [2.05, 4.69) is 108 Å². The van der Waals surface area contributed by atoms with Gasteiger partial charge in [-0.25, -0.2) is 0 Å². The summed E-state index contributed by atoms with van der Waals surface area (Å²) < 4.78 is 2.76. The molecule has 2 rings (SSSR count). The first-order valence-electron chi connectivity index (χ1n) is 7.01. The maximum atomic E-state index is 2.51. The van der Waals surface area contributed by atoms with Crippen LogP contribution in [0.2, 0.25) is 0 Å². The highest BCUT2D eigenvalue weighted by molar-refractivity contribution is 14.1. The van der Waals surface area contributed by atoms with E-state index in [1.165, 1.54) is 23.8 Å². The smallest absolute Gasteiger partial charge is 0.0197 e. The minimum Gasteiger partial charge on any atom is -0.0616 e. The molecule has 2 heteroatoms. The van der Waals surface area contributed by atoms with Gasteiger partial charge in [-0.15, -0.1) is 0 Å². The summed E-state index contributed by atoms with van der Waals surface area (Å²) in [7, 11) is 0. The molecule has 0 saturated heterocycles. The Morgan fingerprint density at radius 2 is 1.65 bits per heavy atom. The predicted octanol–water partition coefficient (Wildman–Crippen LogP) is 6.37. The van der Waals surface area contributed by atoms with E-state index in [1.807, 2.05) is 0 Å². The minimum absolute atomic E-state index is 0.556. The number of rotatable bonds is 4. The van der Waals surface area contributed by atoms with Gasteiger partial charge >= 0.3 is 0 Å². The van der Waals surface area contributed by atoms with Gasteiger partial charge in [0, 0.05) is 7.14 Å². The van der Waals surface area contributed by atoms with Crippen molar-refractivity contribution in [2.45, 2.75) is 39.0 Å². The van der Waals surface area contributed by atoms with E-state index in [-0.39, 0.29) is 0 Å². The zero-order valence-electron chi connectivity index (χ0n) is 12.2. The Balaban J connectivity index is 2.24. The first-order valence-corrected chi connectivity index (χ1v) is 9.17. The fourth-order valence-electron chi connectivity index (χ4n) is 2.46. The zero-order chi connectivity index (χ0) is 14.7. The van der Waals surface area contributed by atoms with Gasteiger partial charge < -0.3 is 0 Å². The molecule has 0 radical (unpaired) electrons. The molecule has 0 aliphatic heterocycles. The number of benzene rings is 2. The van der Waals surface area contributed by atoms with Crippen LogP contribution in [-0.2, 0) is 6.42 Å². The van der Waals surface area contributed by atoms with Gasteiger partial charge in [-0.05, 0) is 92.3 Å². The van der Waals surface area contributed by atoms with Gasteiger partial charge in [-0.3, -0.25) is 0 Å². The molecule has 20 heavy (non-hydrogen) atoms. The summed E-state index contributed by atoms with van der Waals surface area (Å²) in [4.78, 5) is 0. The SMILES string of the molecule is CC(C)c1cccc(CC(C)c2cccc(I)c2)c1I. The van der Waals surface area contributed by atoms with Crippen LogP contribution in [0.1, 0.15) is 49.3 Å². The lowest BCUT2D eigenvalue weighted by molar-refractivity contribution is 0.750. The molecule has 0 aromatic heterocycles. The van der Waals surface area contributed by atoms with Gasteiger partial charge in [0.05, 0.1) is 0 Å². The molecule has 2 aromatic rings. The van der Waals surface area contributed by atoms with Crippen molar-refractivity contribution in [1.82, 2.24) is 0 Å². The Labute approximate surface area is 149 Å². The van der Waals surface area contributed by atoms with Gasteiger partial charge in [-0.2, -0.15) is 0 Å². The molecule has 0 bridgehead atoms. The third kappa shape index (κ3) is 3.97. The van der Waals surface area contributed by atoms with Gasteiger partial charge in [0.25, 0.3) is 0 Å². The molecule has 0 spiro atoms. The summed E-state index contributed by atoms with van der Waals surface area (Å²) in [5, 5.41) is 0. The van der Waals surface area contributed by atoms with Crippen LogP contribution in [-0.4, -0.2) is 0 Å². The first kappa shape index (κ1) is 16.3. The van der Waals surface area contributed by atoms with Crippen LogP contribution < -0.4 is 0 Å². The molecule has 0 aliphatic carbocycles. The summed E-state index contributed by atoms with van der Waals surface area (Å²) in [5.74, 6) is 1.15. The van der Waals surface area contributed by atoms with Crippen molar-refractivity contribution in [3.63, 3.8) is 0 Å². The summed E-state index contributed by atoms with van der Waals surface area (Å²) in [6.07, 6.45) is 1.11. The Morgan fingerprint density at radius 1 is 0.950 bits per heavy atom. The van der Waals surface area contributed by atoms with Gasteiger partial charge in [-0.1, -0.05) is 51.1 Å². The molecule has 0 fully saturated rings. The summed E-state index contributed by atoms with van der Waals surface area (Å²) >= 11 is 4.90. The van der Waals surface area contributed by atoms with Crippen molar-refractivity contribution in [2.75, 3.05) is 0 Å². The normalized spacial score (nSPS) is 12.7. The molecule has 1 atom stereocenters. The van der Waals surface area contributed by atoms with Gasteiger partial charge in [0.15, 0.2) is 0 Å². The average molecular weight is 490 g/mol. The molecule has 2 aromatic carbocycles. The third-order valence-corrected chi connectivity index (χ3v) is 5.66. The minimum atomic E-state index is 0.556. The second kappa shape index (κ2) is 7.25. The summed E-state index contributed by atoms with van der Waals surface area (Å²) in [5.41, 5.74) is 4.38. The number of hydrogen-bond donors (Lipinski definition) is 0. The highest BCUT2D eigenvalue weighted by Crippen LogP contribution is 2.29. The van der Waals surface area contributed by atoms with Crippen molar-refractivity contribution in [2.24, 2.45) is 0 Å². The maximum absolute atomic E-state index is 2.51. The first-order chi connectivity index (χ1) is 9.49. The molecule has 1 unspecified atom stereocenters. The fourth-order valence-corrected chi connectivity index (χ4v) is 4.23. The van der Waals surface area contributed by atoms with Gasteiger partial charge in [0.1, 0.15) is 0 Å². The molecule has 0 heterocycles. The Kier molecular flexibility index (Phi) is 5.90. The number of halogens is 2. The Morgan fingerprint density at radius 3 is 2.30 bits per heavy atom. The zero-order valence-corrected chi connectivity index (χ0v) is 16.5. The van der Waals surface area contributed by atoms with E-state index < -0.39 is 0 Å². The molecule has 0 N–H and O–H groups in total. The van der Waals surface area contributed by atoms with E-state index in [9.17, 15) is 0 Å². The van der Waals surface area contributed by atoms with Crippen molar-refractivity contribution < 1.29 is 0 Å². The molecular weight excluding hydrogens is 470 g/mol. The van der Waals surface area contributed by atoms with E-state index in [4.69, 9.17) is 0 Å². The Bertz CT molecular complexity index is 588. The second-order valence-corrected chi connectivity index (χ2v) is 7.96. The van der Waals surface area contributed by atoms with Crippen LogP contribution in [0, 0.1) is 7.14 Å². The molecule has 0 nitrogen and oxygen atoms in total. The topological polar surface area (TPSA) is 0 Å². The highest BCUT2D eigenvalue weighted by atomic mass is 127. The molecule has 0 aliphatic rings. The molecule has 0 saturated carbocycles. The van der Waals surface area contributed by atoms with Crippen molar-refractivity contribution in [3.8, 4) is 0 Å². The lowest BCUT2D eigenvalue weighted by atomic mass is 9.91. The van der Waals surface area contributed by atoms with Crippen molar-refractivity contribution in [1.29, 1.82) is 0 Å². The average Bonchev–Trinajstić information content (AvgIpc) is 2.40. The highest BCUT2D eigenvalue weighted by Gasteiger charge is 2.12. The third-order valence-electron chi connectivity index (χ3n) is 3.67. The van der Waals surface area contributed by atoms with Crippen LogP contribution in [0.15, 0.2) is 42.5 Å². The summed E-state index contributed by atoms with van der Waals surface area (Å²) in [6, 6.07) is 15.6. The standard InChI is InChI=1S/C18H20I2/c1-12(2)17-9-5-7-15(18(17)20)10-13(3)14-6-4-8-16(19)11-14/h4-9,11-13H,10H2,1-3H3. The molecular formula is C18H20I2. The van der Waals surface area contributed by atoms with Crippen LogP contribution >= 0.6 is 45.2 Å². The quantitative estimate of drug-likeness (QED) is 0.438. The number of hydrogen-bond acceptors (Lipinski definition) is 0. The van der Waals surface area contributed by atoms with E-state index in [0.717, 1.165) is 6.42 Å². The molecule has 0 amide bonds. The van der Waals surface area contributed by atoms with E-state index in [1.54, 1.807) is 0 Å². The van der Waals surface area contributed by atoms with Crippen molar-refractivity contribution >= 4 is 45.2 Å². The van der Waals surface area contributed by atoms with Crippen LogP contribution in [0.5, 0.6) is 0 Å². The lowest BCUT2D eigenvalue weighted by Gasteiger charge is -2.17. The fraction of sp³-hybridized carbons (Fsp3) is 0.333. The molecule has 106 valence electrons. The summed E-state index contributed by atoms with van der Waals surface area (Å²) in [6.45, 7) is 6.86. The van der Waals surface area contributed by atoms with E-state index in [0.29, 0.717) is 11.8 Å². The monoisotopic (exact) mass is 490 g/mol. The van der Waals surface area contributed by atoms with E-state index >= 15 is 0 Å². The maximum Gasteiger partial charge on any atom is 0.0197 e. The largest absolute Gasteiger partial charge is 0.0616 e.